The van der Waals surface area contributed by atoms with Crippen LogP contribution in [0.5, 0.6) is 0 Å². The molecule has 0 bridgehead atoms. The lowest BCUT2D eigenvalue weighted by molar-refractivity contribution is -0.0511. The van der Waals surface area contributed by atoms with Gasteiger partial charge in [-0.25, -0.2) is 9.78 Å². The summed E-state index contributed by atoms with van der Waals surface area (Å²) in [7, 11) is 0. The summed E-state index contributed by atoms with van der Waals surface area (Å²) in [6.07, 6.45) is -3.03. The molecule has 2 aromatic rings. The van der Waals surface area contributed by atoms with Gasteiger partial charge in [0.1, 0.15) is 34.1 Å². The second-order valence-corrected chi connectivity index (χ2v) is 4.89. The molecule has 20 heavy (non-hydrogen) atoms. The average molecular weight is 300 g/mol. The molecule has 1 fully saturated rings. The number of hydrogen-bond acceptors (Lipinski definition) is 7. The Labute approximate surface area is 116 Å². The van der Waals surface area contributed by atoms with E-state index in [9.17, 15) is 15.0 Å². The minimum absolute atomic E-state index is 0.161. The van der Waals surface area contributed by atoms with Gasteiger partial charge in [0.05, 0.1) is 12.9 Å². The topological polar surface area (TPSA) is 136 Å². The maximum atomic E-state index is 11.4. The average Bonchev–Trinajstić information content (AvgIpc) is 2.93. The van der Waals surface area contributed by atoms with Gasteiger partial charge in [-0.05, 0) is 0 Å². The molecule has 1 aliphatic rings. The molecule has 2 aromatic heterocycles. The lowest BCUT2D eigenvalue weighted by atomic mass is 10.1. The summed E-state index contributed by atoms with van der Waals surface area (Å²) >= 11 is 4.98. The molecule has 4 atom stereocenters. The summed E-state index contributed by atoms with van der Waals surface area (Å²) in [6, 6.07) is 0. The number of rotatable bonds is 2. The Morgan fingerprint density at radius 2 is 2.15 bits per heavy atom. The molecule has 108 valence electrons. The van der Waals surface area contributed by atoms with E-state index in [2.05, 4.69) is 15.0 Å². The van der Waals surface area contributed by atoms with Gasteiger partial charge in [-0.1, -0.05) is 12.2 Å². The fourth-order valence-corrected chi connectivity index (χ4v) is 2.50. The zero-order chi connectivity index (χ0) is 14.4. The van der Waals surface area contributed by atoms with Gasteiger partial charge in [0.2, 0.25) is 0 Å². The quantitative estimate of drug-likeness (QED) is 0.421. The fourth-order valence-electron chi connectivity index (χ4n) is 2.25. The first kappa shape index (κ1) is 13.4. The molecule has 1 aliphatic heterocycles. The minimum Gasteiger partial charge on any atom is -0.394 e. The van der Waals surface area contributed by atoms with Crippen molar-refractivity contribution >= 4 is 23.4 Å². The second-order valence-electron chi connectivity index (χ2n) is 4.49. The van der Waals surface area contributed by atoms with Crippen LogP contribution in [0, 0.1) is 4.64 Å². The molecular formula is C10H12N4O5S. The summed E-state index contributed by atoms with van der Waals surface area (Å²) in [5.41, 5.74) is 0.0990. The molecule has 9 nitrogen and oxygen atoms in total. The SMILES string of the molecule is O=c1[nH]c(=S)c2ncn([C@H]3O[C@@H](CO)C(O)C3O)c2[nH]1. The Hall–Kier alpha value is -1.59. The van der Waals surface area contributed by atoms with Crippen molar-refractivity contribution < 1.29 is 20.1 Å². The van der Waals surface area contributed by atoms with E-state index in [1.165, 1.54) is 10.9 Å². The Bertz CT molecular complexity index is 752. The highest BCUT2D eigenvalue weighted by Crippen LogP contribution is 2.30. The van der Waals surface area contributed by atoms with Gasteiger partial charge in [0.15, 0.2) is 6.23 Å². The number of imidazole rings is 1. The normalized spacial score (nSPS) is 30.1. The molecule has 5 N–H and O–H groups in total. The van der Waals surface area contributed by atoms with E-state index in [0.29, 0.717) is 5.52 Å². The molecule has 0 saturated carbocycles. The van der Waals surface area contributed by atoms with Gasteiger partial charge in [-0.2, -0.15) is 0 Å². The number of nitrogens with zero attached hydrogens (tertiary/aromatic N) is 2. The summed E-state index contributed by atoms with van der Waals surface area (Å²) in [5, 5.41) is 28.8. The maximum absolute atomic E-state index is 11.4. The fraction of sp³-hybridized carbons (Fsp3) is 0.500. The Kier molecular flexibility index (Phi) is 3.18. The first-order valence-electron chi connectivity index (χ1n) is 5.84. The monoisotopic (exact) mass is 300 g/mol. The summed E-state index contributed by atoms with van der Waals surface area (Å²) in [5.74, 6) is 0. The van der Waals surface area contributed by atoms with Crippen molar-refractivity contribution in [3.63, 3.8) is 0 Å². The van der Waals surface area contributed by atoms with E-state index in [1.54, 1.807) is 0 Å². The molecule has 0 amide bonds. The molecule has 2 unspecified atom stereocenters. The van der Waals surface area contributed by atoms with Gasteiger partial charge in [-0.15, -0.1) is 0 Å². The van der Waals surface area contributed by atoms with E-state index in [-0.39, 0.29) is 10.3 Å². The van der Waals surface area contributed by atoms with Crippen molar-refractivity contribution in [3.05, 3.63) is 21.5 Å². The van der Waals surface area contributed by atoms with Crippen LogP contribution in [-0.2, 0) is 4.74 Å². The Morgan fingerprint density at radius 3 is 2.80 bits per heavy atom. The molecule has 10 heteroatoms. The minimum atomic E-state index is -1.26. The first-order valence-corrected chi connectivity index (χ1v) is 6.25. The Morgan fingerprint density at radius 1 is 1.40 bits per heavy atom. The van der Waals surface area contributed by atoms with Crippen LogP contribution in [0.4, 0.5) is 0 Å². The lowest BCUT2D eigenvalue weighted by Gasteiger charge is -2.16. The number of aromatic nitrogens is 4. The van der Waals surface area contributed by atoms with Crippen LogP contribution >= 0.6 is 12.2 Å². The number of aliphatic hydroxyl groups excluding tert-OH is 3. The molecule has 1 saturated heterocycles. The van der Waals surface area contributed by atoms with Gasteiger partial charge >= 0.3 is 5.69 Å². The number of nitrogens with one attached hydrogen (secondary N) is 2. The highest BCUT2D eigenvalue weighted by Gasteiger charge is 2.43. The van der Waals surface area contributed by atoms with E-state index in [4.69, 9.17) is 22.1 Å². The standard InChI is InChI=1S/C10H12N4O5S/c15-1-3-5(16)6(17)9(19-3)14-2-11-4-7(14)12-10(18)13-8(4)20/h2-3,5-6,9,15-17H,1H2,(H2,12,13,18,20)/t3-,5?,6?,9-/m0/s1. The molecule has 0 aliphatic carbocycles. The molecular weight excluding hydrogens is 288 g/mol. The van der Waals surface area contributed by atoms with Gasteiger partial charge in [-0.3, -0.25) is 14.5 Å². The predicted octanol–water partition coefficient (Wildman–Crippen LogP) is -1.61. The van der Waals surface area contributed by atoms with Crippen molar-refractivity contribution in [1.82, 2.24) is 19.5 Å². The molecule has 0 radical (unpaired) electrons. The van der Waals surface area contributed by atoms with E-state index in [1.807, 2.05) is 0 Å². The van der Waals surface area contributed by atoms with E-state index >= 15 is 0 Å². The van der Waals surface area contributed by atoms with Crippen LogP contribution in [0.3, 0.4) is 0 Å². The van der Waals surface area contributed by atoms with Crippen LogP contribution in [0.25, 0.3) is 11.2 Å². The maximum Gasteiger partial charge on any atom is 0.325 e. The van der Waals surface area contributed by atoms with Gasteiger partial charge < -0.3 is 20.1 Å². The molecule has 3 heterocycles. The van der Waals surface area contributed by atoms with E-state index < -0.39 is 36.8 Å². The van der Waals surface area contributed by atoms with Crippen LogP contribution in [0.2, 0.25) is 0 Å². The van der Waals surface area contributed by atoms with E-state index in [0.717, 1.165) is 0 Å². The third-order valence-corrected chi connectivity index (χ3v) is 3.55. The largest absolute Gasteiger partial charge is 0.394 e. The third kappa shape index (κ3) is 1.89. The number of ether oxygens (including phenoxy) is 1. The zero-order valence-electron chi connectivity index (χ0n) is 10.1. The number of hydrogen-bond donors (Lipinski definition) is 5. The smallest absolute Gasteiger partial charge is 0.325 e. The Balaban J connectivity index is 2.12. The third-order valence-electron chi connectivity index (χ3n) is 3.26. The number of fused-ring (bicyclic) bond motifs is 1. The summed E-state index contributed by atoms with van der Waals surface area (Å²) in [4.78, 5) is 20.4. The molecule has 0 spiro atoms. The number of aliphatic hydroxyl groups is 3. The number of H-pyrrole nitrogens is 2. The van der Waals surface area contributed by atoms with Crippen molar-refractivity contribution in [1.29, 1.82) is 0 Å². The van der Waals surface area contributed by atoms with Gasteiger partial charge in [0.25, 0.3) is 0 Å². The highest BCUT2D eigenvalue weighted by molar-refractivity contribution is 7.71. The van der Waals surface area contributed by atoms with Gasteiger partial charge in [0, 0.05) is 0 Å². The van der Waals surface area contributed by atoms with Crippen molar-refractivity contribution in [3.8, 4) is 0 Å². The molecule has 3 rings (SSSR count). The second kappa shape index (κ2) is 4.75. The van der Waals surface area contributed by atoms with Crippen LogP contribution in [0.15, 0.2) is 11.1 Å². The summed E-state index contributed by atoms with van der Waals surface area (Å²) in [6.45, 7) is -0.433. The predicted molar refractivity (Wildman–Crippen MR) is 68.5 cm³/mol. The lowest BCUT2D eigenvalue weighted by Crippen LogP contribution is -2.33. The van der Waals surface area contributed by atoms with Crippen molar-refractivity contribution in [2.75, 3.05) is 6.61 Å². The van der Waals surface area contributed by atoms with Crippen LogP contribution < -0.4 is 5.69 Å². The first-order chi connectivity index (χ1) is 9.52. The zero-order valence-corrected chi connectivity index (χ0v) is 10.9. The van der Waals surface area contributed by atoms with Crippen molar-refractivity contribution in [2.24, 2.45) is 0 Å². The summed E-state index contributed by atoms with van der Waals surface area (Å²) < 4.78 is 6.90. The van der Waals surface area contributed by atoms with Crippen LogP contribution in [-0.4, -0.2) is 59.8 Å². The highest BCUT2D eigenvalue weighted by atomic mass is 32.1. The van der Waals surface area contributed by atoms with Crippen LogP contribution in [0.1, 0.15) is 6.23 Å². The number of aromatic amines is 2. The molecule has 0 aromatic carbocycles. The van der Waals surface area contributed by atoms with Crippen molar-refractivity contribution in [2.45, 2.75) is 24.5 Å².